The quantitative estimate of drug-likeness (QED) is 0.617. The van der Waals surface area contributed by atoms with Crippen LogP contribution in [0.2, 0.25) is 0 Å². The highest BCUT2D eigenvalue weighted by atomic mass is 16.5. The molecule has 4 heteroatoms. The van der Waals surface area contributed by atoms with Gasteiger partial charge in [0.05, 0.1) is 13.2 Å². The van der Waals surface area contributed by atoms with Crippen molar-refractivity contribution < 1.29 is 14.3 Å². The van der Waals surface area contributed by atoms with E-state index in [-0.39, 0.29) is 12.4 Å². The number of hydrogen-bond acceptors (Lipinski definition) is 4. The first-order valence-corrected chi connectivity index (χ1v) is 4.63. The van der Waals surface area contributed by atoms with Crippen molar-refractivity contribution in [3.05, 3.63) is 0 Å². The van der Waals surface area contributed by atoms with Gasteiger partial charge in [0.1, 0.15) is 6.61 Å². The molecule has 0 atom stereocenters. The van der Waals surface area contributed by atoms with E-state index in [1.54, 1.807) is 7.11 Å². The Labute approximate surface area is 78.8 Å². The fourth-order valence-electron chi connectivity index (χ4n) is 1.41. The van der Waals surface area contributed by atoms with Crippen molar-refractivity contribution in [3.8, 4) is 0 Å². The van der Waals surface area contributed by atoms with Gasteiger partial charge in [0.15, 0.2) is 5.78 Å². The summed E-state index contributed by atoms with van der Waals surface area (Å²) in [4.78, 5) is 13.3. The Bertz CT molecular complexity index is 153. The first kappa shape index (κ1) is 10.6. The Balaban J connectivity index is 2.21. The van der Waals surface area contributed by atoms with E-state index in [9.17, 15) is 4.79 Å². The fourth-order valence-corrected chi connectivity index (χ4v) is 1.41. The molecule has 0 radical (unpaired) electrons. The van der Waals surface area contributed by atoms with Crippen LogP contribution in [-0.4, -0.2) is 57.2 Å². The highest BCUT2D eigenvalue weighted by molar-refractivity contribution is 5.81. The Morgan fingerprint density at radius 3 is 3.08 bits per heavy atom. The molecule has 0 bridgehead atoms. The maximum absolute atomic E-state index is 11.2. The van der Waals surface area contributed by atoms with E-state index >= 15 is 0 Å². The summed E-state index contributed by atoms with van der Waals surface area (Å²) in [5.41, 5.74) is 0. The molecule has 0 aliphatic carbocycles. The van der Waals surface area contributed by atoms with Crippen molar-refractivity contribution in [3.63, 3.8) is 0 Å². The molecule has 1 heterocycles. The maximum Gasteiger partial charge on any atom is 0.172 e. The van der Waals surface area contributed by atoms with Crippen LogP contribution in [0.1, 0.15) is 6.42 Å². The van der Waals surface area contributed by atoms with Crippen LogP contribution < -0.4 is 0 Å². The average molecular weight is 187 g/mol. The van der Waals surface area contributed by atoms with Crippen molar-refractivity contribution in [2.24, 2.45) is 0 Å². The molecule has 0 amide bonds. The molecule has 0 spiro atoms. The molecule has 0 aromatic carbocycles. The summed E-state index contributed by atoms with van der Waals surface area (Å²) < 4.78 is 10.1. The van der Waals surface area contributed by atoms with Crippen molar-refractivity contribution >= 4 is 5.78 Å². The fraction of sp³-hybridized carbons (Fsp3) is 0.889. The monoisotopic (exact) mass is 187 g/mol. The molecule has 4 nitrogen and oxygen atoms in total. The number of nitrogens with zero attached hydrogens (tertiary/aromatic N) is 1. The van der Waals surface area contributed by atoms with Gasteiger partial charge in [0, 0.05) is 26.8 Å². The highest BCUT2D eigenvalue weighted by Crippen LogP contribution is 1.98. The van der Waals surface area contributed by atoms with E-state index in [1.807, 2.05) is 0 Å². The summed E-state index contributed by atoms with van der Waals surface area (Å²) in [6.07, 6.45) is 1.01. The average Bonchev–Trinajstić information content (AvgIpc) is 2.33. The number of ketones is 1. The van der Waals surface area contributed by atoms with Crippen molar-refractivity contribution in [2.75, 3.05) is 46.6 Å². The minimum atomic E-state index is 0.143. The van der Waals surface area contributed by atoms with Crippen LogP contribution in [0.4, 0.5) is 0 Å². The zero-order valence-electron chi connectivity index (χ0n) is 8.12. The molecule has 1 fully saturated rings. The summed E-state index contributed by atoms with van der Waals surface area (Å²) in [6.45, 7) is 4.08. The van der Waals surface area contributed by atoms with Gasteiger partial charge in [0.2, 0.25) is 0 Å². The molecule has 0 aromatic heterocycles. The van der Waals surface area contributed by atoms with Crippen LogP contribution in [0.15, 0.2) is 0 Å². The smallest absolute Gasteiger partial charge is 0.172 e. The van der Waals surface area contributed by atoms with Crippen molar-refractivity contribution in [2.45, 2.75) is 6.42 Å². The summed E-state index contributed by atoms with van der Waals surface area (Å²) in [5.74, 6) is 0.143. The SMILES string of the molecule is COCC(=O)CN1CCCOCC1. The number of rotatable bonds is 4. The standard InChI is InChI=1S/C9H17NO3/c1-12-8-9(11)7-10-3-2-5-13-6-4-10/h2-8H2,1H3. The molecule has 13 heavy (non-hydrogen) atoms. The minimum absolute atomic E-state index is 0.143. The van der Waals surface area contributed by atoms with Crippen LogP contribution >= 0.6 is 0 Å². The molecule has 1 saturated heterocycles. The van der Waals surface area contributed by atoms with Crippen LogP contribution in [0, 0.1) is 0 Å². The Morgan fingerprint density at radius 2 is 2.31 bits per heavy atom. The van der Waals surface area contributed by atoms with Gasteiger partial charge in [-0.2, -0.15) is 0 Å². The first-order valence-electron chi connectivity index (χ1n) is 4.63. The number of methoxy groups -OCH3 is 1. The molecule has 0 unspecified atom stereocenters. The van der Waals surface area contributed by atoms with E-state index in [2.05, 4.69) is 4.90 Å². The van der Waals surface area contributed by atoms with Gasteiger partial charge in [-0.1, -0.05) is 0 Å². The lowest BCUT2D eigenvalue weighted by Crippen LogP contribution is -2.33. The van der Waals surface area contributed by atoms with Crippen LogP contribution in [0.5, 0.6) is 0 Å². The normalized spacial score (nSPS) is 19.8. The lowest BCUT2D eigenvalue weighted by molar-refractivity contribution is -0.123. The van der Waals surface area contributed by atoms with E-state index in [0.29, 0.717) is 6.54 Å². The van der Waals surface area contributed by atoms with Crippen LogP contribution in [0.3, 0.4) is 0 Å². The van der Waals surface area contributed by atoms with E-state index < -0.39 is 0 Å². The molecule has 76 valence electrons. The van der Waals surface area contributed by atoms with Gasteiger partial charge in [-0.3, -0.25) is 9.69 Å². The van der Waals surface area contributed by atoms with Gasteiger partial charge in [-0.05, 0) is 6.42 Å². The third-order valence-corrected chi connectivity index (χ3v) is 2.02. The predicted molar refractivity (Wildman–Crippen MR) is 48.8 cm³/mol. The summed E-state index contributed by atoms with van der Waals surface area (Å²) in [7, 11) is 1.55. The lowest BCUT2D eigenvalue weighted by atomic mass is 10.3. The molecule has 1 rings (SSSR count). The molecule has 0 aromatic rings. The number of carbonyl (C=O) groups is 1. The van der Waals surface area contributed by atoms with Crippen molar-refractivity contribution in [1.82, 2.24) is 4.90 Å². The van der Waals surface area contributed by atoms with Gasteiger partial charge < -0.3 is 9.47 Å². The van der Waals surface area contributed by atoms with Gasteiger partial charge in [-0.25, -0.2) is 0 Å². The molecule has 1 aliphatic heterocycles. The summed E-state index contributed by atoms with van der Waals surface area (Å²) >= 11 is 0. The maximum atomic E-state index is 11.2. The minimum Gasteiger partial charge on any atom is -0.380 e. The van der Waals surface area contributed by atoms with Gasteiger partial charge >= 0.3 is 0 Å². The highest BCUT2D eigenvalue weighted by Gasteiger charge is 2.12. The Kier molecular flexibility index (Phi) is 4.97. The predicted octanol–water partition coefficient (Wildman–Crippen LogP) is -0.0758. The van der Waals surface area contributed by atoms with E-state index in [4.69, 9.17) is 9.47 Å². The number of hydrogen-bond donors (Lipinski definition) is 0. The Hall–Kier alpha value is -0.450. The first-order chi connectivity index (χ1) is 6.33. The number of ether oxygens (including phenoxy) is 2. The second-order valence-electron chi connectivity index (χ2n) is 3.21. The van der Waals surface area contributed by atoms with E-state index in [0.717, 1.165) is 32.7 Å². The zero-order valence-corrected chi connectivity index (χ0v) is 8.12. The largest absolute Gasteiger partial charge is 0.380 e. The van der Waals surface area contributed by atoms with Crippen LogP contribution in [-0.2, 0) is 14.3 Å². The molecular formula is C9H17NO3. The molecule has 0 N–H and O–H groups in total. The Morgan fingerprint density at radius 1 is 1.46 bits per heavy atom. The number of carbonyl (C=O) groups excluding carboxylic acids is 1. The second-order valence-corrected chi connectivity index (χ2v) is 3.21. The molecule has 0 saturated carbocycles. The van der Waals surface area contributed by atoms with Crippen molar-refractivity contribution in [1.29, 1.82) is 0 Å². The van der Waals surface area contributed by atoms with E-state index in [1.165, 1.54) is 0 Å². The third-order valence-electron chi connectivity index (χ3n) is 2.02. The second kappa shape index (κ2) is 6.07. The third kappa shape index (κ3) is 4.36. The topological polar surface area (TPSA) is 38.8 Å². The zero-order chi connectivity index (χ0) is 9.52. The number of Topliss-reactive ketones (excluding diaryl/α,β-unsaturated/α-hetero) is 1. The lowest BCUT2D eigenvalue weighted by Gasteiger charge is -2.17. The van der Waals surface area contributed by atoms with Crippen LogP contribution in [0.25, 0.3) is 0 Å². The van der Waals surface area contributed by atoms with Gasteiger partial charge in [0.25, 0.3) is 0 Å². The summed E-state index contributed by atoms with van der Waals surface area (Å²) in [5, 5.41) is 0. The van der Waals surface area contributed by atoms with Gasteiger partial charge in [-0.15, -0.1) is 0 Å². The molecule has 1 aliphatic rings. The summed E-state index contributed by atoms with van der Waals surface area (Å²) in [6, 6.07) is 0. The molecular weight excluding hydrogens is 170 g/mol.